The normalized spacial score (nSPS) is 13.5. The Bertz CT molecular complexity index is 1330. The molecular formula is C22H18ClN5O3. The van der Waals surface area contributed by atoms with Crippen molar-refractivity contribution in [3.05, 3.63) is 75.5 Å². The van der Waals surface area contributed by atoms with E-state index in [0.29, 0.717) is 38.8 Å². The van der Waals surface area contributed by atoms with Crippen molar-refractivity contribution in [3.63, 3.8) is 0 Å². The van der Waals surface area contributed by atoms with Gasteiger partial charge in [-0.2, -0.15) is 5.10 Å². The molecule has 2 heterocycles. The van der Waals surface area contributed by atoms with Gasteiger partial charge in [0.25, 0.3) is 5.56 Å². The quantitative estimate of drug-likeness (QED) is 0.498. The Morgan fingerprint density at radius 2 is 1.84 bits per heavy atom. The number of fused-ring (bicyclic) bond motifs is 1. The summed E-state index contributed by atoms with van der Waals surface area (Å²) < 4.78 is 5.78. The van der Waals surface area contributed by atoms with Gasteiger partial charge in [0.05, 0.1) is 34.6 Å². The molecule has 0 atom stereocenters. The number of carbonyl (C=O) groups is 1. The topological polar surface area (TPSA) is 105 Å². The molecule has 1 aliphatic rings. The molecule has 1 saturated carbocycles. The summed E-state index contributed by atoms with van der Waals surface area (Å²) in [7, 11) is 0. The third-order valence-corrected chi connectivity index (χ3v) is 5.61. The largest absolute Gasteiger partial charge is 0.419 e. The highest BCUT2D eigenvalue weighted by molar-refractivity contribution is 6.33. The number of rotatable bonds is 6. The third-order valence-electron chi connectivity index (χ3n) is 5.28. The SMILES string of the molecule is O=C(Cc1n[nH]c(=O)c2ccccc12)N(Cc1nnc(-c2ccccc2Cl)o1)C1CC1. The fraction of sp³-hybridized carbons (Fsp3) is 0.227. The average molecular weight is 436 g/mol. The number of hydrogen-bond donors (Lipinski definition) is 1. The van der Waals surface area contributed by atoms with E-state index in [0.717, 1.165) is 12.8 Å². The molecule has 2 aromatic carbocycles. The molecule has 1 aliphatic carbocycles. The van der Waals surface area contributed by atoms with E-state index in [-0.39, 0.29) is 30.5 Å². The summed E-state index contributed by atoms with van der Waals surface area (Å²) in [5.74, 6) is 0.552. The molecule has 9 heteroatoms. The fourth-order valence-corrected chi connectivity index (χ4v) is 3.78. The molecule has 4 aromatic rings. The van der Waals surface area contributed by atoms with Crippen molar-refractivity contribution >= 4 is 28.3 Å². The van der Waals surface area contributed by atoms with Gasteiger partial charge in [-0.25, -0.2) is 5.10 Å². The van der Waals surface area contributed by atoms with Crippen molar-refractivity contribution in [1.29, 1.82) is 0 Å². The monoisotopic (exact) mass is 435 g/mol. The first-order chi connectivity index (χ1) is 15.1. The lowest BCUT2D eigenvalue weighted by Crippen LogP contribution is -2.34. The predicted molar refractivity (Wildman–Crippen MR) is 114 cm³/mol. The first kappa shape index (κ1) is 19.4. The minimum atomic E-state index is -0.274. The molecule has 0 radical (unpaired) electrons. The Morgan fingerprint density at radius 1 is 1.10 bits per heavy atom. The summed E-state index contributed by atoms with van der Waals surface area (Å²) in [6.07, 6.45) is 1.92. The molecule has 2 aromatic heterocycles. The maximum absolute atomic E-state index is 13.1. The van der Waals surface area contributed by atoms with Crippen molar-refractivity contribution in [2.24, 2.45) is 0 Å². The van der Waals surface area contributed by atoms with Crippen LogP contribution < -0.4 is 5.56 Å². The van der Waals surface area contributed by atoms with Crippen LogP contribution in [0.3, 0.4) is 0 Å². The molecule has 1 N–H and O–H groups in total. The van der Waals surface area contributed by atoms with E-state index in [1.165, 1.54) is 0 Å². The number of H-pyrrole nitrogens is 1. The first-order valence-corrected chi connectivity index (χ1v) is 10.3. The second-order valence-electron chi connectivity index (χ2n) is 7.46. The highest BCUT2D eigenvalue weighted by Gasteiger charge is 2.34. The lowest BCUT2D eigenvalue weighted by atomic mass is 10.1. The lowest BCUT2D eigenvalue weighted by Gasteiger charge is -2.20. The fourth-order valence-electron chi connectivity index (χ4n) is 3.56. The van der Waals surface area contributed by atoms with Gasteiger partial charge in [-0.05, 0) is 31.0 Å². The summed E-state index contributed by atoms with van der Waals surface area (Å²) in [5.41, 5.74) is 0.910. The minimum Gasteiger partial charge on any atom is -0.419 e. The number of aromatic nitrogens is 4. The zero-order valence-electron chi connectivity index (χ0n) is 16.4. The zero-order chi connectivity index (χ0) is 21.4. The van der Waals surface area contributed by atoms with Gasteiger partial charge in [0, 0.05) is 11.4 Å². The molecule has 0 unspecified atom stereocenters. The van der Waals surface area contributed by atoms with Crippen LogP contribution in [0, 0.1) is 0 Å². The standard InChI is InChI=1S/C22H18ClN5O3/c23-17-8-4-3-7-16(17)22-27-25-19(31-22)12-28(13-9-10-13)20(29)11-18-14-5-1-2-6-15(14)21(30)26-24-18/h1-8,13H,9-12H2,(H,26,30). The van der Waals surface area contributed by atoms with Gasteiger partial charge in [-0.1, -0.05) is 41.9 Å². The van der Waals surface area contributed by atoms with Crippen LogP contribution >= 0.6 is 11.6 Å². The van der Waals surface area contributed by atoms with E-state index >= 15 is 0 Å². The van der Waals surface area contributed by atoms with E-state index in [1.54, 1.807) is 35.2 Å². The molecule has 5 rings (SSSR count). The highest BCUT2D eigenvalue weighted by Crippen LogP contribution is 2.31. The van der Waals surface area contributed by atoms with E-state index in [4.69, 9.17) is 16.0 Å². The third kappa shape index (κ3) is 3.94. The number of amides is 1. The molecule has 0 saturated heterocycles. The van der Waals surface area contributed by atoms with Crippen LogP contribution in [0.15, 0.2) is 57.7 Å². The van der Waals surface area contributed by atoms with Crippen LogP contribution in [-0.4, -0.2) is 37.2 Å². The van der Waals surface area contributed by atoms with Crippen LogP contribution in [0.25, 0.3) is 22.2 Å². The van der Waals surface area contributed by atoms with Crippen molar-refractivity contribution in [2.45, 2.75) is 31.8 Å². The zero-order valence-corrected chi connectivity index (χ0v) is 17.2. The van der Waals surface area contributed by atoms with Crippen LogP contribution in [0.2, 0.25) is 5.02 Å². The van der Waals surface area contributed by atoms with Crippen molar-refractivity contribution < 1.29 is 9.21 Å². The molecule has 0 spiro atoms. The first-order valence-electron chi connectivity index (χ1n) is 9.93. The number of benzene rings is 2. The summed E-state index contributed by atoms with van der Waals surface area (Å²) in [5, 5.41) is 16.5. The molecule has 0 bridgehead atoms. The number of nitrogens with zero attached hydrogens (tertiary/aromatic N) is 4. The second-order valence-corrected chi connectivity index (χ2v) is 7.86. The Labute approximate surface area is 181 Å². The van der Waals surface area contributed by atoms with E-state index in [9.17, 15) is 9.59 Å². The van der Waals surface area contributed by atoms with Crippen LogP contribution in [0.5, 0.6) is 0 Å². The molecule has 0 aliphatic heterocycles. The molecule has 1 fully saturated rings. The van der Waals surface area contributed by atoms with Gasteiger partial charge in [-0.3, -0.25) is 9.59 Å². The predicted octanol–water partition coefficient (Wildman–Crippen LogP) is 3.36. The Hall–Kier alpha value is -3.52. The number of hydrogen-bond acceptors (Lipinski definition) is 6. The summed E-state index contributed by atoms with van der Waals surface area (Å²) in [6.45, 7) is 0.211. The van der Waals surface area contributed by atoms with Crippen molar-refractivity contribution in [3.8, 4) is 11.5 Å². The van der Waals surface area contributed by atoms with E-state index in [1.807, 2.05) is 18.2 Å². The minimum absolute atomic E-state index is 0.0688. The molecule has 8 nitrogen and oxygen atoms in total. The van der Waals surface area contributed by atoms with E-state index < -0.39 is 0 Å². The molecular weight excluding hydrogens is 418 g/mol. The highest BCUT2D eigenvalue weighted by atomic mass is 35.5. The number of nitrogens with one attached hydrogen (secondary N) is 1. The van der Waals surface area contributed by atoms with E-state index in [2.05, 4.69) is 20.4 Å². The van der Waals surface area contributed by atoms with Gasteiger partial charge in [-0.15, -0.1) is 10.2 Å². The maximum atomic E-state index is 13.1. The smallest absolute Gasteiger partial charge is 0.272 e. The number of aromatic amines is 1. The van der Waals surface area contributed by atoms with Gasteiger partial charge in [0.2, 0.25) is 17.7 Å². The van der Waals surface area contributed by atoms with Gasteiger partial charge in [0.15, 0.2) is 0 Å². The molecule has 156 valence electrons. The average Bonchev–Trinajstić information content (AvgIpc) is 3.52. The van der Waals surface area contributed by atoms with Crippen LogP contribution in [0.4, 0.5) is 0 Å². The lowest BCUT2D eigenvalue weighted by molar-refractivity contribution is -0.132. The van der Waals surface area contributed by atoms with Gasteiger partial charge >= 0.3 is 0 Å². The number of halogens is 1. The Balaban J connectivity index is 1.38. The van der Waals surface area contributed by atoms with Gasteiger partial charge < -0.3 is 9.32 Å². The van der Waals surface area contributed by atoms with Crippen LogP contribution in [0.1, 0.15) is 24.4 Å². The van der Waals surface area contributed by atoms with Crippen molar-refractivity contribution in [2.75, 3.05) is 0 Å². The summed E-state index contributed by atoms with van der Waals surface area (Å²) in [6, 6.07) is 14.5. The summed E-state index contributed by atoms with van der Waals surface area (Å²) >= 11 is 6.21. The molecule has 31 heavy (non-hydrogen) atoms. The molecule has 1 amide bonds. The number of carbonyl (C=O) groups excluding carboxylic acids is 1. The van der Waals surface area contributed by atoms with Crippen LogP contribution in [-0.2, 0) is 17.8 Å². The maximum Gasteiger partial charge on any atom is 0.272 e. The van der Waals surface area contributed by atoms with Crippen molar-refractivity contribution in [1.82, 2.24) is 25.3 Å². The Morgan fingerprint density at radius 3 is 2.61 bits per heavy atom. The Kier molecular flexibility index (Phi) is 4.99. The van der Waals surface area contributed by atoms with Gasteiger partial charge in [0.1, 0.15) is 0 Å². The second kappa shape index (κ2) is 7.96. The summed E-state index contributed by atoms with van der Waals surface area (Å²) in [4.78, 5) is 26.9.